The summed E-state index contributed by atoms with van der Waals surface area (Å²) in [6.45, 7) is 2.44. The number of ether oxygens (including phenoxy) is 1. The molecule has 6 heteroatoms. The molecule has 0 unspecified atom stereocenters. The molecule has 102 valence electrons. The molecule has 0 radical (unpaired) electrons. The first-order chi connectivity index (χ1) is 9.90. The molecule has 2 aromatic heterocycles. The minimum absolute atomic E-state index is 0.0655. The van der Waals surface area contributed by atoms with Gasteiger partial charge in [-0.25, -0.2) is 9.97 Å². The number of hydrogen-bond donors (Lipinski definition) is 0. The number of para-hydroxylation sites is 1. The Hall–Kier alpha value is -1.50. The summed E-state index contributed by atoms with van der Waals surface area (Å²) >= 11 is 3.40. The van der Waals surface area contributed by atoms with Crippen molar-refractivity contribution in [1.82, 2.24) is 9.97 Å². The van der Waals surface area contributed by atoms with Gasteiger partial charge in [-0.15, -0.1) is 11.3 Å². The van der Waals surface area contributed by atoms with Crippen molar-refractivity contribution >= 4 is 38.0 Å². The topological polar surface area (TPSA) is 38.2 Å². The third-order valence-electron chi connectivity index (χ3n) is 3.35. The van der Waals surface area contributed by atoms with Crippen molar-refractivity contribution in [3.63, 3.8) is 0 Å². The molecule has 20 heavy (non-hydrogen) atoms. The van der Waals surface area contributed by atoms with Crippen molar-refractivity contribution in [3.8, 4) is 0 Å². The number of rotatable bonds is 2. The number of thiazole rings is 2. The van der Waals surface area contributed by atoms with Gasteiger partial charge in [-0.2, -0.15) is 0 Å². The minimum Gasteiger partial charge on any atom is -0.367 e. The molecule has 3 aromatic rings. The van der Waals surface area contributed by atoms with Crippen LogP contribution >= 0.6 is 22.7 Å². The highest BCUT2D eigenvalue weighted by atomic mass is 32.1. The van der Waals surface area contributed by atoms with E-state index in [0.29, 0.717) is 0 Å². The van der Waals surface area contributed by atoms with E-state index in [2.05, 4.69) is 28.1 Å². The highest BCUT2D eigenvalue weighted by molar-refractivity contribution is 7.22. The third kappa shape index (κ3) is 2.19. The van der Waals surface area contributed by atoms with E-state index in [1.807, 2.05) is 17.6 Å². The molecule has 0 bridgehead atoms. The van der Waals surface area contributed by atoms with Crippen molar-refractivity contribution in [2.24, 2.45) is 0 Å². The zero-order valence-electron chi connectivity index (χ0n) is 10.7. The highest BCUT2D eigenvalue weighted by Gasteiger charge is 2.25. The number of fused-ring (bicyclic) bond motifs is 1. The van der Waals surface area contributed by atoms with Gasteiger partial charge in [-0.1, -0.05) is 23.5 Å². The molecule has 0 N–H and O–H groups in total. The van der Waals surface area contributed by atoms with Crippen LogP contribution in [0.1, 0.15) is 11.1 Å². The quantitative estimate of drug-likeness (QED) is 0.728. The summed E-state index contributed by atoms with van der Waals surface area (Å²) in [7, 11) is 0. The van der Waals surface area contributed by atoms with E-state index >= 15 is 0 Å². The zero-order valence-corrected chi connectivity index (χ0v) is 12.4. The van der Waals surface area contributed by atoms with E-state index in [4.69, 9.17) is 9.72 Å². The van der Waals surface area contributed by atoms with E-state index in [9.17, 15) is 0 Å². The van der Waals surface area contributed by atoms with Crippen LogP contribution in [0.4, 0.5) is 5.13 Å². The Morgan fingerprint density at radius 2 is 2.25 bits per heavy atom. The molecule has 1 fully saturated rings. The molecule has 1 aliphatic heterocycles. The Morgan fingerprint density at radius 1 is 1.30 bits per heavy atom. The lowest BCUT2D eigenvalue weighted by atomic mass is 10.3. The summed E-state index contributed by atoms with van der Waals surface area (Å²) in [6, 6.07) is 8.27. The fraction of sp³-hybridized carbons (Fsp3) is 0.286. The van der Waals surface area contributed by atoms with Gasteiger partial charge in [0.05, 0.1) is 23.4 Å². The van der Waals surface area contributed by atoms with Gasteiger partial charge in [0.1, 0.15) is 11.1 Å². The summed E-state index contributed by atoms with van der Waals surface area (Å²) in [5.41, 5.74) is 1.07. The van der Waals surface area contributed by atoms with E-state index in [-0.39, 0.29) is 6.10 Å². The minimum atomic E-state index is 0.0655. The number of benzene rings is 1. The van der Waals surface area contributed by atoms with Crippen molar-refractivity contribution in [2.75, 3.05) is 24.6 Å². The fourth-order valence-electron chi connectivity index (χ4n) is 2.36. The summed E-state index contributed by atoms with van der Waals surface area (Å²) < 4.78 is 7.07. The molecule has 0 aliphatic carbocycles. The molecule has 1 atom stereocenters. The molecule has 0 spiro atoms. The van der Waals surface area contributed by atoms with Crippen LogP contribution in [0.15, 0.2) is 35.8 Å². The van der Waals surface area contributed by atoms with Crippen LogP contribution in [0.2, 0.25) is 0 Å². The monoisotopic (exact) mass is 303 g/mol. The average Bonchev–Trinajstić information content (AvgIpc) is 3.16. The van der Waals surface area contributed by atoms with Gasteiger partial charge in [0.25, 0.3) is 0 Å². The van der Waals surface area contributed by atoms with Crippen LogP contribution in [0.5, 0.6) is 0 Å². The molecule has 4 nitrogen and oxygen atoms in total. The first-order valence-corrected chi connectivity index (χ1v) is 8.21. The van der Waals surface area contributed by atoms with E-state index in [0.717, 1.165) is 35.4 Å². The van der Waals surface area contributed by atoms with E-state index in [1.165, 1.54) is 4.70 Å². The standard InChI is InChI=1S/C14H13N3OS2/c1-2-4-12-10(3-1)16-14(20-12)17-6-7-18-11(9-17)13-15-5-8-19-13/h1-5,8,11H,6-7,9H2/t11-/m0/s1. The second-order valence-electron chi connectivity index (χ2n) is 4.64. The first kappa shape index (κ1) is 12.3. The van der Waals surface area contributed by atoms with Crippen LogP contribution in [0, 0.1) is 0 Å². The maximum absolute atomic E-state index is 5.83. The Balaban J connectivity index is 1.61. The van der Waals surface area contributed by atoms with Crippen molar-refractivity contribution < 1.29 is 4.74 Å². The second-order valence-corrected chi connectivity index (χ2v) is 6.58. The molecular weight excluding hydrogens is 290 g/mol. The van der Waals surface area contributed by atoms with Crippen molar-refractivity contribution in [1.29, 1.82) is 0 Å². The normalized spacial score (nSPS) is 19.6. The predicted octanol–water partition coefficient (Wildman–Crippen LogP) is 3.33. The van der Waals surface area contributed by atoms with Crippen LogP contribution in [0.3, 0.4) is 0 Å². The lowest BCUT2D eigenvalue weighted by molar-refractivity contribution is 0.0396. The number of hydrogen-bond acceptors (Lipinski definition) is 6. The molecule has 1 aromatic carbocycles. The molecule has 0 amide bonds. The van der Waals surface area contributed by atoms with Gasteiger partial charge >= 0.3 is 0 Å². The summed E-state index contributed by atoms with van der Waals surface area (Å²) in [5, 5.41) is 4.13. The Morgan fingerprint density at radius 3 is 3.10 bits per heavy atom. The largest absolute Gasteiger partial charge is 0.367 e. The predicted molar refractivity (Wildman–Crippen MR) is 82.6 cm³/mol. The Kier molecular flexibility index (Phi) is 3.14. The maximum atomic E-state index is 5.83. The van der Waals surface area contributed by atoms with Gasteiger partial charge in [-0.3, -0.25) is 0 Å². The SMILES string of the molecule is c1ccc2sc(N3CCO[C@H](c4nccs4)C3)nc2c1. The summed E-state index contributed by atoms with van der Waals surface area (Å²) in [4.78, 5) is 11.4. The number of morpholine rings is 1. The van der Waals surface area contributed by atoms with Crippen LogP contribution in [-0.2, 0) is 4.74 Å². The zero-order chi connectivity index (χ0) is 13.4. The fourth-order valence-corrected chi connectivity index (χ4v) is 4.04. The second kappa shape index (κ2) is 5.12. The van der Waals surface area contributed by atoms with Crippen LogP contribution in [0.25, 0.3) is 10.2 Å². The average molecular weight is 303 g/mol. The number of nitrogens with zero attached hydrogens (tertiary/aromatic N) is 3. The molecule has 1 aliphatic rings. The summed E-state index contributed by atoms with van der Waals surface area (Å²) in [6.07, 6.45) is 1.90. The number of aromatic nitrogens is 2. The Bertz CT molecular complexity index is 677. The lowest BCUT2D eigenvalue weighted by Crippen LogP contribution is -2.38. The maximum Gasteiger partial charge on any atom is 0.186 e. The number of anilines is 1. The van der Waals surface area contributed by atoms with Gasteiger partial charge in [0.2, 0.25) is 0 Å². The van der Waals surface area contributed by atoms with Gasteiger partial charge in [-0.05, 0) is 12.1 Å². The molecule has 4 rings (SSSR count). The first-order valence-electron chi connectivity index (χ1n) is 6.52. The van der Waals surface area contributed by atoms with Crippen LogP contribution in [-0.4, -0.2) is 29.7 Å². The van der Waals surface area contributed by atoms with Crippen molar-refractivity contribution in [2.45, 2.75) is 6.10 Å². The summed E-state index contributed by atoms with van der Waals surface area (Å²) in [5.74, 6) is 0. The van der Waals surface area contributed by atoms with Gasteiger partial charge < -0.3 is 9.64 Å². The molecular formula is C14H13N3OS2. The van der Waals surface area contributed by atoms with E-state index in [1.54, 1.807) is 22.7 Å². The van der Waals surface area contributed by atoms with E-state index < -0.39 is 0 Å². The Labute approximate surface area is 124 Å². The van der Waals surface area contributed by atoms with Gasteiger partial charge in [0.15, 0.2) is 5.13 Å². The van der Waals surface area contributed by atoms with Crippen molar-refractivity contribution in [3.05, 3.63) is 40.8 Å². The highest BCUT2D eigenvalue weighted by Crippen LogP contribution is 2.32. The lowest BCUT2D eigenvalue weighted by Gasteiger charge is -2.31. The smallest absolute Gasteiger partial charge is 0.186 e. The molecule has 0 saturated carbocycles. The molecule has 1 saturated heterocycles. The third-order valence-corrected chi connectivity index (χ3v) is 5.31. The van der Waals surface area contributed by atoms with Gasteiger partial charge in [0, 0.05) is 18.1 Å². The van der Waals surface area contributed by atoms with Crippen LogP contribution < -0.4 is 4.90 Å². The molecule has 3 heterocycles.